The van der Waals surface area contributed by atoms with E-state index in [1.165, 1.54) is 33.2 Å². The average molecular weight is 295 g/mol. The Labute approximate surface area is 132 Å². The molecule has 0 radical (unpaired) electrons. The van der Waals surface area contributed by atoms with Crippen molar-refractivity contribution in [3.05, 3.63) is 35.9 Å². The van der Waals surface area contributed by atoms with Crippen molar-refractivity contribution in [2.24, 2.45) is 7.05 Å². The maximum atomic E-state index is 4.67. The Kier molecular flexibility index (Phi) is 3.90. The van der Waals surface area contributed by atoms with E-state index in [1.54, 1.807) is 0 Å². The average Bonchev–Trinajstić information content (AvgIpc) is 2.85. The van der Waals surface area contributed by atoms with Crippen LogP contribution in [0, 0.1) is 0 Å². The molecule has 3 aromatic heterocycles. The van der Waals surface area contributed by atoms with Gasteiger partial charge in [-0.2, -0.15) is 0 Å². The molecule has 0 spiro atoms. The van der Waals surface area contributed by atoms with Crippen LogP contribution >= 0.6 is 0 Å². The second-order valence-corrected chi connectivity index (χ2v) is 6.43. The molecule has 0 N–H and O–H groups in total. The molecule has 3 heterocycles. The molecule has 0 fully saturated rings. The van der Waals surface area contributed by atoms with Gasteiger partial charge in [0.05, 0.1) is 23.4 Å². The van der Waals surface area contributed by atoms with Crippen LogP contribution in [-0.4, -0.2) is 14.5 Å². The third-order valence-corrected chi connectivity index (χ3v) is 5.06. The first kappa shape index (κ1) is 15.0. The first-order valence-corrected chi connectivity index (χ1v) is 8.30. The lowest BCUT2D eigenvalue weighted by Crippen LogP contribution is -1.95. The third-order valence-electron chi connectivity index (χ3n) is 5.06. The molecular formula is C19H25N3. The number of fused-ring (bicyclic) bond motifs is 3. The number of hydrogen-bond donors (Lipinski definition) is 0. The number of aryl methyl sites for hydroxylation is 1. The molecule has 0 aromatic carbocycles. The highest BCUT2D eigenvalue weighted by molar-refractivity contribution is 6.07. The van der Waals surface area contributed by atoms with Crippen LogP contribution in [0.3, 0.4) is 0 Å². The Bertz CT molecular complexity index is 749. The maximum absolute atomic E-state index is 4.67. The van der Waals surface area contributed by atoms with Crippen molar-refractivity contribution >= 4 is 21.8 Å². The zero-order valence-corrected chi connectivity index (χ0v) is 14.2. The van der Waals surface area contributed by atoms with E-state index in [0.717, 1.165) is 12.8 Å². The fourth-order valence-corrected chi connectivity index (χ4v) is 2.98. The van der Waals surface area contributed by atoms with E-state index in [0.29, 0.717) is 11.8 Å². The Balaban J connectivity index is 2.28. The topological polar surface area (TPSA) is 30.7 Å². The molecule has 0 aliphatic heterocycles. The van der Waals surface area contributed by atoms with Gasteiger partial charge in [0.1, 0.15) is 0 Å². The second kappa shape index (κ2) is 5.71. The van der Waals surface area contributed by atoms with E-state index in [1.807, 2.05) is 12.4 Å². The van der Waals surface area contributed by atoms with Crippen molar-refractivity contribution < 1.29 is 0 Å². The summed E-state index contributed by atoms with van der Waals surface area (Å²) in [6, 6.07) is 4.54. The predicted octanol–water partition coefficient (Wildman–Crippen LogP) is 5.15. The molecule has 0 saturated carbocycles. The quantitative estimate of drug-likeness (QED) is 0.666. The van der Waals surface area contributed by atoms with Crippen LogP contribution in [0.25, 0.3) is 21.8 Å². The molecule has 0 aliphatic rings. The second-order valence-electron chi connectivity index (χ2n) is 6.43. The van der Waals surface area contributed by atoms with Gasteiger partial charge in [-0.25, -0.2) is 0 Å². The predicted molar refractivity (Wildman–Crippen MR) is 93.4 cm³/mol. The van der Waals surface area contributed by atoms with E-state index in [9.17, 15) is 0 Å². The lowest BCUT2D eigenvalue weighted by Gasteiger charge is -2.08. The molecule has 3 rings (SSSR count). The molecule has 3 aromatic rings. The Morgan fingerprint density at radius 2 is 1.27 bits per heavy atom. The largest absolute Gasteiger partial charge is 0.341 e. The maximum Gasteiger partial charge on any atom is 0.0675 e. The van der Waals surface area contributed by atoms with E-state index in [-0.39, 0.29) is 0 Å². The number of hydrogen-bond acceptors (Lipinski definition) is 2. The van der Waals surface area contributed by atoms with Gasteiger partial charge >= 0.3 is 0 Å². The molecule has 0 bridgehead atoms. The Hall–Kier alpha value is -1.90. The minimum atomic E-state index is 0.496. The summed E-state index contributed by atoms with van der Waals surface area (Å²) in [5.74, 6) is 0.992. The minimum Gasteiger partial charge on any atom is -0.341 e. The number of aromatic nitrogens is 3. The minimum absolute atomic E-state index is 0.496. The SMILES string of the molecule is CCC(C)c1cc2c3cc(C(C)CC)ncc3n(C)c2cn1. The van der Waals surface area contributed by atoms with Gasteiger partial charge < -0.3 is 4.57 Å². The van der Waals surface area contributed by atoms with E-state index in [4.69, 9.17) is 0 Å². The normalized spacial score (nSPS) is 14.6. The standard InChI is InChI=1S/C19H25N3/c1-6-12(3)16-8-14-15-9-17(13(4)7-2)21-11-19(15)22(5)18(14)10-20-16/h8-13H,6-7H2,1-5H3. The lowest BCUT2D eigenvalue weighted by molar-refractivity contribution is 0.709. The summed E-state index contributed by atoms with van der Waals surface area (Å²) in [4.78, 5) is 9.33. The van der Waals surface area contributed by atoms with Crippen molar-refractivity contribution in [3.8, 4) is 0 Å². The molecule has 2 unspecified atom stereocenters. The highest BCUT2D eigenvalue weighted by atomic mass is 15.0. The van der Waals surface area contributed by atoms with Crippen LogP contribution < -0.4 is 0 Å². The summed E-state index contributed by atoms with van der Waals surface area (Å²) in [6.45, 7) is 8.91. The van der Waals surface area contributed by atoms with Crippen molar-refractivity contribution in [2.45, 2.75) is 52.4 Å². The monoisotopic (exact) mass is 295 g/mol. The van der Waals surface area contributed by atoms with Crippen LogP contribution in [0.2, 0.25) is 0 Å². The molecule has 3 heteroatoms. The van der Waals surface area contributed by atoms with Crippen LogP contribution in [0.4, 0.5) is 0 Å². The number of rotatable bonds is 4. The first-order valence-electron chi connectivity index (χ1n) is 8.30. The van der Waals surface area contributed by atoms with Gasteiger partial charge in [-0.15, -0.1) is 0 Å². The number of nitrogens with zero attached hydrogens (tertiary/aromatic N) is 3. The van der Waals surface area contributed by atoms with Crippen LogP contribution in [0.15, 0.2) is 24.5 Å². The highest BCUT2D eigenvalue weighted by Gasteiger charge is 2.14. The Morgan fingerprint density at radius 3 is 1.64 bits per heavy atom. The summed E-state index contributed by atoms with van der Waals surface area (Å²) in [5, 5.41) is 2.60. The summed E-state index contributed by atoms with van der Waals surface area (Å²) < 4.78 is 2.20. The van der Waals surface area contributed by atoms with Gasteiger partial charge in [0.15, 0.2) is 0 Å². The van der Waals surface area contributed by atoms with E-state index >= 15 is 0 Å². The van der Waals surface area contributed by atoms with Crippen LogP contribution in [0.1, 0.15) is 63.8 Å². The molecule has 22 heavy (non-hydrogen) atoms. The van der Waals surface area contributed by atoms with E-state index < -0.39 is 0 Å². The van der Waals surface area contributed by atoms with Gasteiger partial charge in [-0.3, -0.25) is 9.97 Å². The zero-order chi connectivity index (χ0) is 15.9. The molecule has 0 aliphatic carbocycles. The fraction of sp³-hybridized carbons (Fsp3) is 0.474. The summed E-state index contributed by atoms with van der Waals surface area (Å²) in [6.07, 6.45) is 6.26. The van der Waals surface area contributed by atoms with Crippen molar-refractivity contribution in [3.63, 3.8) is 0 Å². The molecule has 3 nitrogen and oxygen atoms in total. The molecule has 2 atom stereocenters. The van der Waals surface area contributed by atoms with E-state index in [2.05, 4.69) is 61.4 Å². The first-order chi connectivity index (χ1) is 10.6. The zero-order valence-electron chi connectivity index (χ0n) is 14.2. The smallest absolute Gasteiger partial charge is 0.0675 e. The fourth-order valence-electron chi connectivity index (χ4n) is 2.98. The third kappa shape index (κ3) is 2.29. The molecule has 0 saturated heterocycles. The van der Waals surface area contributed by atoms with Gasteiger partial charge in [-0.05, 0) is 36.8 Å². The molecule has 0 amide bonds. The summed E-state index contributed by atoms with van der Waals surface area (Å²) >= 11 is 0. The number of pyridine rings is 2. The van der Waals surface area contributed by atoms with Gasteiger partial charge in [-0.1, -0.05) is 27.7 Å². The van der Waals surface area contributed by atoms with Gasteiger partial charge in [0.25, 0.3) is 0 Å². The van der Waals surface area contributed by atoms with Crippen LogP contribution in [-0.2, 0) is 7.05 Å². The molecular weight excluding hydrogens is 270 g/mol. The van der Waals surface area contributed by atoms with Gasteiger partial charge in [0, 0.05) is 29.2 Å². The lowest BCUT2D eigenvalue weighted by atomic mass is 10.0. The van der Waals surface area contributed by atoms with Crippen LogP contribution in [0.5, 0.6) is 0 Å². The van der Waals surface area contributed by atoms with Crippen molar-refractivity contribution in [2.75, 3.05) is 0 Å². The van der Waals surface area contributed by atoms with Gasteiger partial charge in [0.2, 0.25) is 0 Å². The summed E-state index contributed by atoms with van der Waals surface area (Å²) in [5.41, 5.74) is 4.74. The van der Waals surface area contributed by atoms with Crippen molar-refractivity contribution in [1.29, 1.82) is 0 Å². The highest BCUT2D eigenvalue weighted by Crippen LogP contribution is 2.31. The Morgan fingerprint density at radius 1 is 0.864 bits per heavy atom. The summed E-state index contributed by atoms with van der Waals surface area (Å²) in [7, 11) is 2.10. The molecule has 116 valence electrons. The van der Waals surface area contributed by atoms with Crippen molar-refractivity contribution in [1.82, 2.24) is 14.5 Å².